The Hall–Kier alpha value is -1.56. The highest BCUT2D eigenvalue weighted by atomic mass is 14.0. The summed E-state index contributed by atoms with van der Waals surface area (Å²) in [4.78, 5) is 0. The van der Waals surface area contributed by atoms with Crippen LogP contribution >= 0.6 is 0 Å². The van der Waals surface area contributed by atoms with E-state index >= 15 is 0 Å². The Morgan fingerprint density at radius 3 is 2.47 bits per heavy atom. The van der Waals surface area contributed by atoms with Gasteiger partial charge in [-0.1, -0.05) is 54.1 Å². The lowest BCUT2D eigenvalue weighted by molar-refractivity contribution is 1.39. The van der Waals surface area contributed by atoms with Crippen LogP contribution in [0.4, 0.5) is 0 Å². The second-order valence-electron chi connectivity index (χ2n) is 3.55. The Morgan fingerprint density at radius 1 is 1.27 bits per heavy atom. The van der Waals surface area contributed by atoms with Gasteiger partial charge in [-0.2, -0.15) is 0 Å². The molecule has 0 spiro atoms. The first kappa shape index (κ1) is 11.5. The maximum absolute atomic E-state index is 3.73. The van der Waals surface area contributed by atoms with E-state index in [9.17, 15) is 0 Å². The highest BCUT2D eigenvalue weighted by molar-refractivity contribution is 5.74. The van der Waals surface area contributed by atoms with E-state index in [1.54, 1.807) is 0 Å². The fourth-order valence-electron chi connectivity index (χ4n) is 1.42. The van der Waals surface area contributed by atoms with E-state index in [2.05, 4.69) is 56.0 Å². The lowest BCUT2D eigenvalue weighted by Gasteiger charge is -2.02. The largest absolute Gasteiger partial charge is 0.103 e. The molecule has 0 amide bonds. The van der Waals surface area contributed by atoms with Crippen LogP contribution in [0.3, 0.4) is 0 Å². The minimum atomic E-state index is 0.910. The van der Waals surface area contributed by atoms with Crippen molar-refractivity contribution in [2.24, 2.45) is 0 Å². The van der Waals surface area contributed by atoms with E-state index in [1.165, 1.54) is 16.7 Å². The summed E-state index contributed by atoms with van der Waals surface area (Å²) in [5.74, 6) is 0. The quantitative estimate of drug-likeness (QED) is 0.492. The molecule has 0 nitrogen and oxygen atoms in total. The zero-order valence-electron chi connectivity index (χ0n) is 9.53. The number of aryl methyl sites for hydroxylation is 1. The lowest BCUT2D eigenvalue weighted by Crippen LogP contribution is -1.81. The minimum Gasteiger partial charge on any atom is -0.103 e. The standard InChI is InChI=1S/C15H18/c1-4-6-8-14(7-5-2)15-11-9-13(3)10-12-15/h4-5,7-12H,1,6H2,2-3H3/b7-5-,14-8+. The van der Waals surface area contributed by atoms with E-state index in [1.807, 2.05) is 13.0 Å². The van der Waals surface area contributed by atoms with Gasteiger partial charge in [0.15, 0.2) is 0 Å². The van der Waals surface area contributed by atoms with Crippen LogP contribution in [0.2, 0.25) is 0 Å². The maximum Gasteiger partial charge on any atom is -0.0163 e. The van der Waals surface area contributed by atoms with Gasteiger partial charge in [-0.3, -0.25) is 0 Å². The van der Waals surface area contributed by atoms with Crippen LogP contribution in [0.25, 0.3) is 5.57 Å². The second kappa shape index (κ2) is 6.02. The topological polar surface area (TPSA) is 0 Å². The molecular formula is C15H18. The third-order valence-corrected chi connectivity index (χ3v) is 2.24. The molecule has 0 radical (unpaired) electrons. The molecule has 0 saturated heterocycles. The molecule has 0 unspecified atom stereocenters. The summed E-state index contributed by atoms with van der Waals surface area (Å²) in [6, 6.07) is 8.59. The van der Waals surface area contributed by atoms with Crippen LogP contribution in [0.15, 0.2) is 55.1 Å². The molecule has 0 atom stereocenters. The van der Waals surface area contributed by atoms with Crippen molar-refractivity contribution >= 4 is 5.57 Å². The smallest absolute Gasteiger partial charge is 0.0163 e. The Bertz CT molecular complexity index is 364. The van der Waals surface area contributed by atoms with E-state index in [4.69, 9.17) is 0 Å². The molecule has 0 fully saturated rings. The van der Waals surface area contributed by atoms with E-state index in [-0.39, 0.29) is 0 Å². The SMILES string of the molecule is C=CC/C=C(\C=C/C)c1ccc(C)cc1. The van der Waals surface area contributed by atoms with Gasteiger partial charge in [-0.05, 0) is 31.4 Å². The van der Waals surface area contributed by atoms with Crippen molar-refractivity contribution in [3.8, 4) is 0 Å². The zero-order valence-corrected chi connectivity index (χ0v) is 9.53. The predicted octanol–water partition coefficient (Wildman–Crippen LogP) is 4.53. The molecule has 1 rings (SSSR count). The molecule has 0 N–H and O–H groups in total. The van der Waals surface area contributed by atoms with Crippen molar-refractivity contribution in [1.29, 1.82) is 0 Å². The van der Waals surface area contributed by atoms with E-state index in [0.29, 0.717) is 0 Å². The monoisotopic (exact) mass is 198 g/mol. The highest BCUT2D eigenvalue weighted by Gasteiger charge is 1.95. The number of benzene rings is 1. The predicted molar refractivity (Wildman–Crippen MR) is 68.8 cm³/mol. The van der Waals surface area contributed by atoms with Crippen molar-refractivity contribution in [2.45, 2.75) is 20.3 Å². The van der Waals surface area contributed by atoms with Gasteiger partial charge in [0.1, 0.15) is 0 Å². The Morgan fingerprint density at radius 2 is 1.93 bits per heavy atom. The molecule has 0 aromatic heterocycles. The number of allylic oxidation sites excluding steroid dienone is 5. The van der Waals surface area contributed by atoms with Crippen LogP contribution in [-0.4, -0.2) is 0 Å². The highest BCUT2D eigenvalue weighted by Crippen LogP contribution is 2.17. The average molecular weight is 198 g/mol. The Balaban J connectivity index is 2.98. The fourth-order valence-corrected chi connectivity index (χ4v) is 1.42. The molecule has 0 saturated carbocycles. The first-order valence-corrected chi connectivity index (χ1v) is 5.28. The summed E-state index contributed by atoms with van der Waals surface area (Å²) in [5, 5.41) is 0. The van der Waals surface area contributed by atoms with Gasteiger partial charge in [0.2, 0.25) is 0 Å². The van der Waals surface area contributed by atoms with Gasteiger partial charge in [0, 0.05) is 0 Å². The first-order chi connectivity index (χ1) is 7.27. The fraction of sp³-hybridized carbons (Fsp3) is 0.200. The van der Waals surface area contributed by atoms with Gasteiger partial charge in [0.05, 0.1) is 0 Å². The molecule has 1 aromatic rings. The van der Waals surface area contributed by atoms with Crippen LogP contribution in [0.5, 0.6) is 0 Å². The maximum atomic E-state index is 3.73. The van der Waals surface area contributed by atoms with Crippen molar-refractivity contribution in [1.82, 2.24) is 0 Å². The van der Waals surface area contributed by atoms with Crippen LogP contribution in [0, 0.1) is 6.92 Å². The normalized spacial score (nSPS) is 12.0. The molecule has 0 aliphatic rings. The molecule has 0 aliphatic carbocycles. The number of hydrogen-bond donors (Lipinski definition) is 0. The molecule has 78 valence electrons. The lowest BCUT2D eigenvalue weighted by atomic mass is 10.0. The summed E-state index contributed by atoms with van der Waals surface area (Å²) in [7, 11) is 0. The molecule has 0 bridgehead atoms. The number of rotatable bonds is 4. The van der Waals surface area contributed by atoms with E-state index < -0.39 is 0 Å². The van der Waals surface area contributed by atoms with Gasteiger partial charge in [0.25, 0.3) is 0 Å². The van der Waals surface area contributed by atoms with E-state index in [0.717, 1.165) is 6.42 Å². The minimum absolute atomic E-state index is 0.910. The first-order valence-electron chi connectivity index (χ1n) is 5.28. The summed E-state index contributed by atoms with van der Waals surface area (Å²) in [6.07, 6.45) is 9.21. The van der Waals surface area contributed by atoms with Crippen molar-refractivity contribution in [3.63, 3.8) is 0 Å². The molecule has 0 heteroatoms. The van der Waals surface area contributed by atoms with Crippen molar-refractivity contribution < 1.29 is 0 Å². The van der Waals surface area contributed by atoms with Crippen LogP contribution < -0.4 is 0 Å². The summed E-state index contributed by atoms with van der Waals surface area (Å²) in [5.41, 5.74) is 3.82. The summed E-state index contributed by atoms with van der Waals surface area (Å²) >= 11 is 0. The molecule has 0 aliphatic heterocycles. The second-order valence-corrected chi connectivity index (χ2v) is 3.55. The van der Waals surface area contributed by atoms with Crippen molar-refractivity contribution in [2.75, 3.05) is 0 Å². The third kappa shape index (κ3) is 3.59. The van der Waals surface area contributed by atoms with Crippen LogP contribution in [-0.2, 0) is 0 Å². The van der Waals surface area contributed by atoms with Gasteiger partial charge >= 0.3 is 0 Å². The molecule has 1 aromatic carbocycles. The number of hydrogen-bond acceptors (Lipinski definition) is 0. The molecular weight excluding hydrogens is 180 g/mol. The average Bonchev–Trinajstić information content (AvgIpc) is 2.25. The molecule has 0 heterocycles. The summed E-state index contributed by atoms with van der Waals surface area (Å²) < 4.78 is 0. The summed E-state index contributed by atoms with van der Waals surface area (Å²) in [6.45, 7) is 7.87. The zero-order chi connectivity index (χ0) is 11.1. The third-order valence-electron chi connectivity index (χ3n) is 2.24. The van der Waals surface area contributed by atoms with Gasteiger partial charge < -0.3 is 0 Å². The Labute approximate surface area is 92.6 Å². The Kier molecular flexibility index (Phi) is 4.62. The molecule has 15 heavy (non-hydrogen) atoms. The van der Waals surface area contributed by atoms with Crippen LogP contribution in [0.1, 0.15) is 24.5 Å². The van der Waals surface area contributed by atoms with Crippen molar-refractivity contribution in [3.05, 3.63) is 66.3 Å². The van der Waals surface area contributed by atoms with Gasteiger partial charge in [-0.25, -0.2) is 0 Å². The van der Waals surface area contributed by atoms with Gasteiger partial charge in [-0.15, -0.1) is 6.58 Å².